The standard InChI is InChI=1S/C18H23NO/c1-13-17(16-9-5-6-10-18(16)20-13)11-15(12-19)14-7-3-2-4-8-14/h5-6,9-11,14H,2-4,7-8,12,19H2,1H3/b15-11-. The van der Waals surface area contributed by atoms with Crippen molar-refractivity contribution in [3.8, 4) is 0 Å². The molecule has 1 aromatic heterocycles. The topological polar surface area (TPSA) is 39.2 Å². The molecule has 0 atom stereocenters. The Balaban J connectivity index is 2.00. The second kappa shape index (κ2) is 5.84. The zero-order valence-corrected chi connectivity index (χ0v) is 12.2. The molecule has 2 heteroatoms. The number of hydrogen-bond acceptors (Lipinski definition) is 2. The van der Waals surface area contributed by atoms with Gasteiger partial charge >= 0.3 is 0 Å². The van der Waals surface area contributed by atoms with E-state index in [0.717, 1.165) is 11.3 Å². The summed E-state index contributed by atoms with van der Waals surface area (Å²) in [4.78, 5) is 0. The highest BCUT2D eigenvalue weighted by molar-refractivity contribution is 5.88. The maximum absolute atomic E-state index is 6.02. The highest BCUT2D eigenvalue weighted by atomic mass is 16.3. The van der Waals surface area contributed by atoms with Crippen LogP contribution in [0.3, 0.4) is 0 Å². The highest BCUT2D eigenvalue weighted by Gasteiger charge is 2.18. The first-order chi connectivity index (χ1) is 9.79. The van der Waals surface area contributed by atoms with E-state index >= 15 is 0 Å². The third-order valence-electron chi connectivity index (χ3n) is 4.51. The molecule has 0 bridgehead atoms. The van der Waals surface area contributed by atoms with E-state index in [4.69, 9.17) is 10.2 Å². The summed E-state index contributed by atoms with van der Waals surface area (Å²) in [5.41, 5.74) is 9.59. The Kier molecular flexibility index (Phi) is 3.93. The molecule has 1 aliphatic rings. The van der Waals surface area contributed by atoms with Crippen LogP contribution in [0, 0.1) is 12.8 Å². The van der Waals surface area contributed by atoms with Gasteiger partial charge in [-0.25, -0.2) is 0 Å². The summed E-state index contributed by atoms with van der Waals surface area (Å²) in [5, 5.41) is 1.20. The van der Waals surface area contributed by atoms with Crippen LogP contribution in [0.4, 0.5) is 0 Å². The maximum atomic E-state index is 6.02. The molecular formula is C18H23NO. The van der Waals surface area contributed by atoms with Crippen LogP contribution in [0.15, 0.2) is 34.3 Å². The molecule has 0 saturated heterocycles. The predicted octanol–water partition coefficient (Wildman–Crippen LogP) is 4.66. The first kappa shape index (κ1) is 13.4. The number of nitrogens with two attached hydrogens (primary N) is 1. The van der Waals surface area contributed by atoms with E-state index in [-0.39, 0.29) is 0 Å². The number of hydrogen-bond donors (Lipinski definition) is 1. The highest BCUT2D eigenvalue weighted by Crippen LogP contribution is 2.33. The second-order valence-corrected chi connectivity index (χ2v) is 5.83. The lowest BCUT2D eigenvalue weighted by Gasteiger charge is -2.23. The number of aryl methyl sites for hydroxylation is 1. The van der Waals surface area contributed by atoms with E-state index in [2.05, 4.69) is 18.2 Å². The van der Waals surface area contributed by atoms with Crippen LogP contribution in [0.1, 0.15) is 43.4 Å². The molecule has 106 valence electrons. The monoisotopic (exact) mass is 269 g/mol. The number of benzene rings is 1. The predicted molar refractivity (Wildman–Crippen MR) is 84.6 cm³/mol. The number of para-hydroxylation sites is 1. The van der Waals surface area contributed by atoms with E-state index in [1.165, 1.54) is 48.6 Å². The van der Waals surface area contributed by atoms with Gasteiger partial charge in [-0.3, -0.25) is 0 Å². The fourth-order valence-electron chi connectivity index (χ4n) is 3.37. The molecule has 20 heavy (non-hydrogen) atoms. The van der Waals surface area contributed by atoms with E-state index in [9.17, 15) is 0 Å². The Morgan fingerprint density at radius 3 is 2.75 bits per heavy atom. The van der Waals surface area contributed by atoms with Gasteiger partial charge in [0.15, 0.2) is 0 Å². The minimum absolute atomic E-state index is 0.656. The summed E-state index contributed by atoms with van der Waals surface area (Å²) in [6.45, 7) is 2.70. The van der Waals surface area contributed by atoms with E-state index in [0.29, 0.717) is 12.5 Å². The minimum Gasteiger partial charge on any atom is -0.461 e. The molecule has 1 aliphatic carbocycles. The average Bonchev–Trinajstić information content (AvgIpc) is 2.81. The molecular weight excluding hydrogens is 246 g/mol. The molecule has 0 spiro atoms. The van der Waals surface area contributed by atoms with Gasteiger partial charge < -0.3 is 10.2 Å². The maximum Gasteiger partial charge on any atom is 0.134 e. The van der Waals surface area contributed by atoms with Crippen LogP contribution >= 0.6 is 0 Å². The average molecular weight is 269 g/mol. The van der Waals surface area contributed by atoms with Crippen LogP contribution in [0.25, 0.3) is 17.0 Å². The summed E-state index contributed by atoms with van der Waals surface area (Å²) in [6, 6.07) is 8.25. The minimum atomic E-state index is 0.656. The number of rotatable bonds is 3. The van der Waals surface area contributed by atoms with Crippen LogP contribution in [0.5, 0.6) is 0 Å². The van der Waals surface area contributed by atoms with Gasteiger partial charge in [-0.15, -0.1) is 0 Å². The van der Waals surface area contributed by atoms with Crippen molar-refractivity contribution in [2.45, 2.75) is 39.0 Å². The molecule has 0 amide bonds. The first-order valence-corrected chi connectivity index (χ1v) is 7.68. The number of fused-ring (bicyclic) bond motifs is 1. The van der Waals surface area contributed by atoms with Crippen molar-refractivity contribution < 1.29 is 4.42 Å². The van der Waals surface area contributed by atoms with Crippen LogP contribution < -0.4 is 5.73 Å². The molecule has 1 saturated carbocycles. The van der Waals surface area contributed by atoms with Crippen molar-refractivity contribution in [3.63, 3.8) is 0 Å². The van der Waals surface area contributed by atoms with Crippen molar-refractivity contribution >= 4 is 17.0 Å². The summed E-state index contributed by atoms with van der Waals surface area (Å²) in [6.07, 6.45) is 8.93. The van der Waals surface area contributed by atoms with Crippen molar-refractivity contribution in [1.82, 2.24) is 0 Å². The third-order valence-corrected chi connectivity index (χ3v) is 4.51. The van der Waals surface area contributed by atoms with Crippen molar-refractivity contribution in [3.05, 3.63) is 41.2 Å². The molecule has 0 aliphatic heterocycles. The van der Waals surface area contributed by atoms with Gasteiger partial charge in [0, 0.05) is 17.5 Å². The van der Waals surface area contributed by atoms with Gasteiger partial charge in [-0.05, 0) is 31.7 Å². The molecule has 1 fully saturated rings. The quantitative estimate of drug-likeness (QED) is 0.880. The van der Waals surface area contributed by atoms with Crippen LogP contribution in [-0.2, 0) is 0 Å². The first-order valence-electron chi connectivity index (χ1n) is 7.68. The van der Waals surface area contributed by atoms with Gasteiger partial charge in [0.25, 0.3) is 0 Å². The van der Waals surface area contributed by atoms with Gasteiger partial charge in [0.1, 0.15) is 11.3 Å². The van der Waals surface area contributed by atoms with Crippen LogP contribution in [-0.4, -0.2) is 6.54 Å². The van der Waals surface area contributed by atoms with Gasteiger partial charge in [0.2, 0.25) is 0 Å². The largest absolute Gasteiger partial charge is 0.461 e. The Morgan fingerprint density at radius 2 is 2.00 bits per heavy atom. The van der Waals surface area contributed by atoms with Crippen molar-refractivity contribution in [2.24, 2.45) is 11.7 Å². The normalized spacial score (nSPS) is 17.8. The van der Waals surface area contributed by atoms with Crippen molar-refractivity contribution in [1.29, 1.82) is 0 Å². The summed E-state index contributed by atoms with van der Waals surface area (Å²) in [5.74, 6) is 1.66. The van der Waals surface area contributed by atoms with E-state index in [1.807, 2.05) is 19.1 Å². The molecule has 1 heterocycles. The molecule has 0 radical (unpaired) electrons. The lowest BCUT2D eigenvalue weighted by atomic mass is 9.83. The van der Waals surface area contributed by atoms with Gasteiger partial charge in [0.05, 0.1) is 0 Å². The van der Waals surface area contributed by atoms with E-state index in [1.54, 1.807) is 0 Å². The summed E-state index contributed by atoms with van der Waals surface area (Å²) in [7, 11) is 0. The Bertz CT molecular complexity index is 617. The number of furan rings is 1. The van der Waals surface area contributed by atoms with Crippen LogP contribution in [0.2, 0.25) is 0 Å². The lowest BCUT2D eigenvalue weighted by molar-refractivity contribution is 0.401. The van der Waals surface area contributed by atoms with Gasteiger partial charge in [-0.1, -0.05) is 49.1 Å². The van der Waals surface area contributed by atoms with Gasteiger partial charge in [-0.2, -0.15) is 0 Å². The molecule has 2 nitrogen and oxygen atoms in total. The molecule has 2 aromatic rings. The molecule has 3 rings (SSSR count). The molecule has 1 aromatic carbocycles. The molecule has 2 N–H and O–H groups in total. The smallest absolute Gasteiger partial charge is 0.134 e. The van der Waals surface area contributed by atoms with E-state index < -0.39 is 0 Å². The SMILES string of the molecule is Cc1oc2ccccc2c1/C=C(/CN)C1CCCCC1. The zero-order valence-electron chi connectivity index (χ0n) is 12.2. The van der Waals surface area contributed by atoms with Crippen molar-refractivity contribution in [2.75, 3.05) is 6.54 Å². The second-order valence-electron chi connectivity index (χ2n) is 5.83. The third kappa shape index (κ3) is 2.53. The fourth-order valence-corrected chi connectivity index (χ4v) is 3.37. The lowest BCUT2D eigenvalue weighted by Crippen LogP contribution is -2.16. The zero-order chi connectivity index (χ0) is 13.9. The Morgan fingerprint density at radius 1 is 1.25 bits per heavy atom. The fraction of sp³-hybridized carbons (Fsp3) is 0.444. The summed E-state index contributed by atoms with van der Waals surface area (Å²) < 4.78 is 5.85. The Labute approximate surface area is 120 Å². The molecule has 0 unspecified atom stereocenters. The Hall–Kier alpha value is -1.54. The summed E-state index contributed by atoms with van der Waals surface area (Å²) >= 11 is 0.